The minimum absolute atomic E-state index is 0.162. The van der Waals surface area contributed by atoms with Gasteiger partial charge in [-0.1, -0.05) is 30.3 Å². The number of rotatable bonds is 5. The molecular formula is C26H18Br2F3N5OS. The number of halogens is 5. The van der Waals surface area contributed by atoms with E-state index < -0.39 is 6.36 Å². The molecule has 0 spiro atoms. The smallest absolute Gasteiger partial charge is 0.406 e. The quantitative estimate of drug-likeness (QED) is 0.129. The predicted molar refractivity (Wildman–Crippen MR) is 154 cm³/mol. The van der Waals surface area contributed by atoms with Gasteiger partial charge in [0.15, 0.2) is 5.11 Å². The molecule has 0 aliphatic heterocycles. The lowest BCUT2D eigenvalue weighted by molar-refractivity contribution is -0.303. The number of aromatic nitrogens is 2. The Hall–Kier alpha value is -3.22. The lowest BCUT2D eigenvalue weighted by atomic mass is 10.0. The Morgan fingerprint density at radius 2 is 1.95 bits per heavy atom. The summed E-state index contributed by atoms with van der Waals surface area (Å²) in [5.41, 5.74) is 6.18. The van der Waals surface area contributed by atoms with Gasteiger partial charge in [-0.3, -0.25) is 5.43 Å². The molecule has 5 rings (SSSR count). The van der Waals surface area contributed by atoms with Crippen LogP contribution in [0.5, 0.6) is 0 Å². The lowest BCUT2D eigenvalue weighted by Crippen LogP contribution is -2.24. The number of imidazole rings is 1. The van der Waals surface area contributed by atoms with Crippen LogP contribution in [0.3, 0.4) is 0 Å². The summed E-state index contributed by atoms with van der Waals surface area (Å²) in [4.78, 5) is 4.59. The van der Waals surface area contributed by atoms with Crippen molar-refractivity contribution in [3.63, 3.8) is 0 Å². The van der Waals surface area contributed by atoms with E-state index in [1.807, 2.05) is 53.1 Å². The molecule has 1 unspecified atom stereocenters. The largest absolute Gasteiger partial charge is 0.573 e. The van der Waals surface area contributed by atoms with Gasteiger partial charge < -0.3 is 14.6 Å². The number of nitrogens with zero attached hydrogens (tertiary/aromatic N) is 3. The molecule has 0 bridgehead atoms. The summed E-state index contributed by atoms with van der Waals surface area (Å²) >= 11 is 12.3. The van der Waals surface area contributed by atoms with Crippen molar-refractivity contribution in [3.8, 4) is 0 Å². The van der Waals surface area contributed by atoms with Crippen molar-refractivity contribution in [2.75, 3.05) is 5.32 Å². The maximum absolute atomic E-state index is 12.5. The van der Waals surface area contributed by atoms with Crippen molar-refractivity contribution < 1.29 is 17.9 Å². The molecule has 0 radical (unpaired) electrons. The highest BCUT2D eigenvalue weighted by atomic mass is 79.9. The van der Waals surface area contributed by atoms with Crippen LogP contribution >= 0.6 is 44.1 Å². The van der Waals surface area contributed by atoms with Gasteiger partial charge in [0.05, 0.1) is 35.3 Å². The number of para-hydroxylation sites is 1. The summed E-state index contributed by atoms with van der Waals surface area (Å²) in [5, 5.41) is 9.60. The van der Waals surface area contributed by atoms with E-state index in [2.05, 4.69) is 57.4 Å². The zero-order valence-corrected chi connectivity index (χ0v) is 23.3. The molecular weight excluding hydrogens is 647 g/mol. The van der Waals surface area contributed by atoms with E-state index >= 15 is 0 Å². The van der Waals surface area contributed by atoms with Crippen LogP contribution in [0.4, 0.5) is 18.9 Å². The van der Waals surface area contributed by atoms with Crippen LogP contribution in [0.2, 0.25) is 0 Å². The molecule has 0 fully saturated rings. The van der Waals surface area contributed by atoms with Gasteiger partial charge in [-0.2, -0.15) is 5.10 Å². The second-order valence-electron chi connectivity index (χ2n) is 8.30. The molecule has 3 aromatic carbocycles. The Balaban J connectivity index is 1.29. The number of allylic oxidation sites excluding steroid dienone is 3. The zero-order valence-electron chi connectivity index (χ0n) is 19.3. The Bertz CT molecular complexity index is 1610. The minimum Gasteiger partial charge on any atom is -0.406 e. The van der Waals surface area contributed by atoms with Gasteiger partial charge >= 0.3 is 6.36 Å². The molecule has 0 amide bonds. The molecule has 38 heavy (non-hydrogen) atoms. The minimum atomic E-state index is -4.71. The lowest BCUT2D eigenvalue weighted by Gasteiger charge is -2.19. The van der Waals surface area contributed by atoms with Gasteiger partial charge in [0.1, 0.15) is 5.76 Å². The summed E-state index contributed by atoms with van der Waals surface area (Å²) in [5.74, 6) is -0.204. The summed E-state index contributed by atoms with van der Waals surface area (Å²) in [6, 6.07) is 15.4. The van der Waals surface area contributed by atoms with Gasteiger partial charge in [0, 0.05) is 14.3 Å². The van der Waals surface area contributed by atoms with Crippen LogP contribution < -0.4 is 10.7 Å². The molecule has 4 aromatic rings. The molecule has 0 saturated carbocycles. The molecule has 1 aliphatic rings. The van der Waals surface area contributed by atoms with E-state index in [1.165, 1.54) is 12.2 Å². The molecule has 1 aliphatic carbocycles. The van der Waals surface area contributed by atoms with E-state index in [0.29, 0.717) is 11.5 Å². The first kappa shape index (κ1) is 26.4. The number of fused-ring (bicyclic) bond motifs is 3. The van der Waals surface area contributed by atoms with E-state index in [-0.39, 0.29) is 11.8 Å². The van der Waals surface area contributed by atoms with Gasteiger partial charge in [-0.15, -0.1) is 13.2 Å². The van der Waals surface area contributed by atoms with Gasteiger partial charge in [-0.25, -0.2) is 4.98 Å². The van der Waals surface area contributed by atoms with Crippen LogP contribution in [0.25, 0.3) is 21.8 Å². The Morgan fingerprint density at radius 1 is 1.16 bits per heavy atom. The van der Waals surface area contributed by atoms with Crippen LogP contribution in [0, 0.1) is 0 Å². The second-order valence-corrected chi connectivity index (χ2v) is 10.4. The molecule has 2 N–H and O–H groups in total. The third-order valence-electron chi connectivity index (χ3n) is 5.80. The van der Waals surface area contributed by atoms with Crippen LogP contribution in [-0.2, 0) is 4.74 Å². The van der Waals surface area contributed by atoms with Crippen molar-refractivity contribution in [2.24, 2.45) is 5.10 Å². The highest BCUT2D eigenvalue weighted by Gasteiger charge is 2.32. The standard InChI is InChI=1S/C26H18Br2F3N5OS/c27-20-2-1-3-21(28)24(20)34-25(38)35-33-13-15-4-10-19-16(12-15)5-11-22-23(19)32-14-36(22)17-6-8-18(9-7-17)37-26(29,30)31/h1-6,8-14,17H,7H2,(H2,34,35,38)/b33-13+. The number of anilines is 1. The fraction of sp³-hybridized carbons (Fsp3) is 0.115. The van der Waals surface area contributed by atoms with Crippen molar-refractivity contribution >= 4 is 82.9 Å². The molecule has 6 nitrogen and oxygen atoms in total. The molecule has 194 valence electrons. The highest BCUT2D eigenvalue weighted by Crippen LogP contribution is 2.32. The van der Waals surface area contributed by atoms with Crippen LogP contribution in [-0.4, -0.2) is 27.2 Å². The van der Waals surface area contributed by atoms with Crippen molar-refractivity contribution in [3.05, 3.63) is 93.4 Å². The maximum atomic E-state index is 12.5. The van der Waals surface area contributed by atoms with Crippen LogP contribution in [0.1, 0.15) is 18.0 Å². The normalized spacial score (nSPS) is 15.7. The van der Waals surface area contributed by atoms with E-state index in [0.717, 1.165) is 42.0 Å². The Morgan fingerprint density at radius 3 is 2.66 bits per heavy atom. The average Bonchev–Trinajstić information content (AvgIpc) is 3.30. The number of hydrazone groups is 1. The highest BCUT2D eigenvalue weighted by molar-refractivity contribution is 9.11. The molecule has 0 saturated heterocycles. The number of nitrogens with one attached hydrogen (secondary N) is 2. The Labute approximate surface area is 237 Å². The molecule has 12 heteroatoms. The molecule has 1 heterocycles. The maximum Gasteiger partial charge on any atom is 0.573 e. The number of hydrogen-bond acceptors (Lipinski definition) is 4. The average molecular weight is 665 g/mol. The topological polar surface area (TPSA) is 63.5 Å². The fourth-order valence-corrected chi connectivity index (χ4v) is 5.47. The first-order valence-corrected chi connectivity index (χ1v) is 13.2. The summed E-state index contributed by atoms with van der Waals surface area (Å²) in [6.45, 7) is 0. The van der Waals surface area contributed by atoms with Crippen molar-refractivity contribution in [1.29, 1.82) is 0 Å². The van der Waals surface area contributed by atoms with Gasteiger partial charge in [0.2, 0.25) is 0 Å². The number of benzene rings is 3. The Kier molecular flexibility index (Phi) is 7.55. The van der Waals surface area contributed by atoms with E-state index in [1.54, 1.807) is 18.6 Å². The van der Waals surface area contributed by atoms with Crippen molar-refractivity contribution in [1.82, 2.24) is 15.0 Å². The van der Waals surface area contributed by atoms with Crippen LogP contribution in [0.15, 0.2) is 92.9 Å². The number of thiocarbonyl (C=S) groups is 1. The summed E-state index contributed by atoms with van der Waals surface area (Å²) < 4.78 is 45.1. The first-order chi connectivity index (χ1) is 18.2. The summed E-state index contributed by atoms with van der Waals surface area (Å²) in [7, 11) is 0. The number of hydrogen-bond donors (Lipinski definition) is 2. The monoisotopic (exact) mass is 663 g/mol. The van der Waals surface area contributed by atoms with Gasteiger partial charge in [-0.05, 0) is 97.9 Å². The van der Waals surface area contributed by atoms with Crippen molar-refractivity contribution in [2.45, 2.75) is 18.8 Å². The number of alkyl halides is 3. The first-order valence-electron chi connectivity index (χ1n) is 11.3. The fourth-order valence-electron chi connectivity index (χ4n) is 4.12. The third-order valence-corrected chi connectivity index (χ3v) is 7.31. The molecule has 1 atom stereocenters. The number of ether oxygens (including phenoxy) is 1. The van der Waals surface area contributed by atoms with Gasteiger partial charge in [0.25, 0.3) is 0 Å². The molecule has 1 aromatic heterocycles. The second kappa shape index (κ2) is 10.9. The SMILES string of the molecule is FC(F)(F)OC1=CCC(n2cnc3c4ccc(/C=N/NC(=S)Nc5c(Br)cccc5Br)cc4ccc32)C=C1. The predicted octanol–water partition coefficient (Wildman–Crippen LogP) is 7.96. The summed E-state index contributed by atoms with van der Waals surface area (Å²) in [6.07, 6.45) is 3.50. The third kappa shape index (κ3) is 5.92. The zero-order chi connectivity index (χ0) is 26.9. The van der Waals surface area contributed by atoms with E-state index in [9.17, 15) is 13.2 Å². The van der Waals surface area contributed by atoms with E-state index in [4.69, 9.17) is 12.2 Å².